The molecule has 0 fully saturated rings. The second-order valence-corrected chi connectivity index (χ2v) is 7.76. The number of benzene rings is 3. The van der Waals surface area contributed by atoms with E-state index in [-0.39, 0.29) is 11.3 Å². The van der Waals surface area contributed by atoms with Crippen molar-refractivity contribution >= 4 is 40.4 Å². The van der Waals surface area contributed by atoms with E-state index in [9.17, 15) is 9.59 Å². The number of nitrogens with one attached hydrogen (secondary N) is 1. The molecule has 168 valence electrons. The van der Waals surface area contributed by atoms with Gasteiger partial charge in [0.05, 0.1) is 30.0 Å². The summed E-state index contributed by atoms with van der Waals surface area (Å²) in [5.41, 5.74) is 2.03. The monoisotopic (exact) mass is 462 g/mol. The minimum Gasteiger partial charge on any atom is -0.495 e. The molecule has 1 N–H and O–H groups in total. The summed E-state index contributed by atoms with van der Waals surface area (Å²) in [7, 11) is 1.53. The number of imide groups is 1. The van der Waals surface area contributed by atoms with Gasteiger partial charge in [-0.05, 0) is 42.3 Å². The Morgan fingerprint density at radius 3 is 2.33 bits per heavy atom. The molecule has 2 amide bonds. The normalized spacial score (nSPS) is 13.5. The Kier molecular flexibility index (Phi) is 6.66. The van der Waals surface area contributed by atoms with Crippen LogP contribution in [0.4, 0.5) is 11.4 Å². The zero-order valence-corrected chi connectivity index (χ0v) is 19.1. The van der Waals surface area contributed by atoms with Gasteiger partial charge in [0.1, 0.15) is 17.2 Å². The number of para-hydroxylation sites is 2. The van der Waals surface area contributed by atoms with Crippen LogP contribution in [0.1, 0.15) is 18.9 Å². The van der Waals surface area contributed by atoms with Gasteiger partial charge >= 0.3 is 0 Å². The van der Waals surface area contributed by atoms with Crippen LogP contribution < -0.4 is 19.7 Å². The summed E-state index contributed by atoms with van der Waals surface area (Å²) >= 11 is 6.27. The molecule has 0 saturated carbocycles. The Morgan fingerprint density at radius 1 is 0.909 bits per heavy atom. The molecule has 3 aromatic rings. The van der Waals surface area contributed by atoms with E-state index < -0.39 is 11.8 Å². The van der Waals surface area contributed by atoms with Gasteiger partial charge in [0.2, 0.25) is 0 Å². The van der Waals surface area contributed by atoms with Gasteiger partial charge in [0, 0.05) is 5.69 Å². The summed E-state index contributed by atoms with van der Waals surface area (Å²) in [5.74, 6) is 0.0818. The van der Waals surface area contributed by atoms with Crippen LogP contribution in [0, 0.1) is 0 Å². The van der Waals surface area contributed by atoms with Crippen LogP contribution in [0.25, 0.3) is 5.57 Å². The number of hydrogen-bond donors (Lipinski definition) is 1. The molecular formula is C26H23ClN2O4. The first-order valence-electron chi connectivity index (χ1n) is 10.6. The number of carbonyl (C=O) groups is 2. The van der Waals surface area contributed by atoms with Crippen LogP contribution in [0.2, 0.25) is 5.02 Å². The molecule has 0 spiro atoms. The Morgan fingerprint density at radius 2 is 1.64 bits per heavy atom. The minimum atomic E-state index is -0.474. The first kappa shape index (κ1) is 22.4. The second kappa shape index (κ2) is 9.79. The predicted molar refractivity (Wildman–Crippen MR) is 130 cm³/mol. The molecule has 7 heteroatoms. The largest absolute Gasteiger partial charge is 0.495 e. The lowest BCUT2D eigenvalue weighted by atomic mass is 10.0. The maximum Gasteiger partial charge on any atom is 0.282 e. The van der Waals surface area contributed by atoms with E-state index in [4.69, 9.17) is 21.1 Å². The van der Waals surface area contributed by atoms with Gasteiger partial charge in [-0.3, -0.25) is 9.59 Å². The molecule has 0 radical (unpaired) electrons. The van der Waals surface area contributed by atoms with Crippen LogP contribution in [-0.2, 0) is 9.59 Å². The van der Waals surface area contributed by atoms with Crippen LogP contribution in [0.3, 0.4) is 0 Å². The van der Waals surface area contributed by atoms with Crippen molar-refractivity contribution in [2.45, 2.75) is 13.3 Å². The highest BCUT2D eigenvalue weighted by molar-refractivity contribution is 6.46. The quantitative estimate of drug-likeness (QED) is 0.445. The number of carbonyl (C=O) groups excluding carboxylic acids is 2. The zero-order valence-electron chi connectivity index (χ0n) is 18.3. The number of nitrogens with zero attached hydrogens (tertiary/aromatic N) is 1. The van der Waals surface area contributed by atoms with Crippen molar-refractivity contribution in [2.24, 2.45) is 0 Å². The van der Waals surface area contributed by atoms with E-state index >= 15 is 0 Å². The van der Waals surface area contributed by atoms with Crippen molar-refractivity contribution in [3.63, 3.8) is 0 Å². The van der Waals surface area contributed by atoms with Gasteiger partial charge in [-0.1, -0.05) is 61.0 Å². The fourth-order valence-corrected chi connectivity index (χ4v) is 3.86. The number of halogens is 1. The minimum absolute atomic E-state index is 0.165. The summed E-state index contributed by atoms with van der Waals surface area (Å²) in [6, 6.07) is 21.2. The van der Waals surface area contributed by atoms with E-state index in [1.807, 2.05) is 31.2 Å². The van der Waals surface area contributed by atoms with Crippen molar-refractivity contribution in [1.29, 1.82) is 0 Å². The Labute approximate surface area is 197 Å². The van der Waals surface area contributed by atoms with Crippen molar-refractivity contribution in [2.75, 3.05) is 23.9 Å². The second-order valence-electron chi connectivity index (χ2n) is 7.35. The maximum atomic E-state index is 13.6. The Hall–Kier alpha value is -3.77. The highest BCUT2D eigenvalue weighted by Gasteiger charge is 2.41. The summed E-state index contributed by atoms with van der Waals surface area (Å²) in [5, 5.41) is 3.50. The fraction of sp³-hybridized carbons (Fsp3) is 0.154. The van der Waals surface area contributed by atoms with Gasteiger partial charge in [-0.15, -0.1) is 0 Å². The third-order valence-corrected chi connectivity index (χ3v) is 5.43. The molecule has 1 heterocycles. The first-order chi connectivity index (χ1) is 16.0. The SMILES string of the molecule is CCCOc1ccccc1N1C(=O)C(Nc2ccc(OC)c(Cl)c2)=C(c2ccccc2)C1=O. The van der Waals surface area contributed by atoms with Gasteiger partial charge in [-0.2, -0.15) is 0 Å². The first-order valence-corrected chi connectivity index (χ1v) is 10.9. The van der Waals surface area contributed by atoms with E-state index in [2.05, 4.69) is 5.32 Å². The number of hydrogen-bond acceptors (Lipinski definition) is 5. The lowest BCUT2D eigenvalue weighted by Crippen LogP contribution is -2.32. The molecule has 33 heavy (non-hydrogen) atoms. The predicted octanol–water partition coefficient (Wildman–Crippen LogP) is 5.53. The highest BCUT2D eigenvalue weighted by Crippen LogP contribution is 2.38. The molecule has 0 saturated heterocycles. The van der Waals surface area contributed by atoms with Gasteiger partial charge < -0.3 is 14.8 Å². The molecular weight excluding hydrogens is 440 g/mol. The molecule has 6 nitrogen and oxygen atoms in total. The van der Waals surface area contributed by atoms with Crippen molar-refractivity contribution in [1.82, 2.24) is 0 Å². The molecule has 1 aliphatic heterocycles. The van der Waals surface area contributed by atoms with E-state index in [1.165, 1.54) is 7.11 Å². The number of ether oxygens (including phenoxy) is 2. The number of rotatable bonds is 8. The smallest absolute Gasteiger partial charge is 0.282 e. The fourth-order valence-electron chi connectivity index (χ4n) is 3.60. The summed E-state index contributed by atoms with van der Waals surface area (Å²) in [6.45, 7) is 2.47. The third kappa shape index (κ3) is 4.43. The van der Waals surface area contributed by atoms with Gasteiger partial charge in [0.15, 0.2) is 0 Å². The standard InChI is InChI=1S/C26H23ClN2O4/c1-3-15-33-22-12-8-7-11-20(22)29-25(30)23(17-9-5-4-6-10-17)24(26(29)31)28-18-13-14-21(32-2)19(27)16-18/h4-14,16,28H,3,15H2,1-2H3. The number of anilines is 2. The molecule has 3 aromatic carbocycles. The number of amides is 2. The van der Waals surface area contributed by atoms with Crippen molar-refractivity contribution in [3.05, 3.63) is 89.1 Å². The lowest BCUT2D eigenvalue weighted by Gasteiger charge is -2.19. The van der Waals surface area contributed by atoms with Crippen molar-refractivity contribution in [3.8, 4) is 11.5 Å². The molecule has 0 aromatic heterocycles. The maximum absolute atomic E-state index is 13.6. The average molecular weight is 463 g/mol. The summed E-state index contributed by atoms with van der Waals surface area (Å²) < 4.78 is 11.0. The summed E-state index contributed by atoms with van der Waals surface area (Å²) in [4.78, 5) is 28.4. The molecule has 1 aliphatic rings. The van der Waals surface area contributed by atoms with Gasteiger partial charge in [0.25, 0.3) is 11.8 Å². The Bertz CT molecular complexity index is 1220. The molecule has 0 unspecified atom stereocenters. The average Bonchev–Trinajstić information content (AvgIpc) is 3.07. The molecule has 4 rings (SSSR count). The highest BCUT2D eigenvalue weighted by atomic mass is 35.5. The van der Waals surface area contributed by atoms with E-state index in [0.29, 0.717) is 40.1 Å². The van der Waals surface area contributed by atoms with Crippen LogP contribution in [0.15, 0.2) is 78.5 Å². The summed E-state index contributed by atoms with van der Waals surface area (Å²) in [6.07, 6.45) is 0.800. The molecule has 0 bridgehead atoms. The van der Waals surface area contributed by atoms with Gasteiger partial charge in [-0.25, -0.2) is 4.90 Å². The molecule has 0 aliphatic carbocycles. The van der Waals surface area contributed by atoms with Crippen LogP contribution in [0.5, 0.6) is 11.5 Å². The molecule has 0 atom stereocenters. The topological polar surface area (TPSA) is 67.9 Å². The number of methoxy groups -OCH3 is 1. The third-order valence-electron chi connectivity index (χ3n) is 5.14. The van der Waals surface area contributed by atoms with E-state index in [1.54, 1.807) is 48.5 Å². The lowest BCUT2D eigenvalue weighted by molar-refractivity contribution is -0.120. The zero-order chi connectivity index (χ0) is 23.4. The van der Waals surface area contributed by atoms with Crippen LogP contribution in [-0.4, -0.2) is 25.5 Å². The van der Waals surface area contributed by atoms with Crippen molar-refractivity contribution < 1.29 is 19.1 Å². The van der Waals surface area contributed by atoms with E-state index in [0.717, 1.165) is 11.3 Å². The van der Waals surface area contributed by atoms with Crippen LogP contribution >= 0.6 is 11.6 Å². The Balaban J connectivity index is 1.79.